The van der Waals surface area contributed by atoms with E-state index in [1.54, 1.807) is 35.1 Å². The summed E-state index contributed by atoms with van der Waals surface area (Å²) in [4.78, 5) is 33.4. The fourth-order valence-corrected chi connectivity index (χ4v) is 8.21. The zero-order chi connectivity index (χ0) is 27.1. The maximum Gasteiger partial charge on any atom is 0.153 e. The highest BCUT2D eigenvalue weighted by Gasteiger charge is 2.18. The molecule has 0 atom stereocenters. The van der Waals surface area contributed by atoms with Crippen molar-refractivity contribution in [1.29, 1.82) is 0 Å². The number of carbonyl (C=O) groups excluding carboxylic acids is 1. The molecule has 0 bridgehead atoms. The molecule has 0 spiro atoms. The Morgan fingerprint density at radius 3 is 1.40 bits per heavy atom. The minimum Gasteiger partial charge on any atom is -0.298 e. The van der Waals surface area contributed by atoms with Gasteiger partial charge in [-0.3, -0.25) is 14.8 Å². The molecule has 9 heteroatoms. The van der Waals surface area contributed by atoms with Crippen LogP contribution in [0.5, 0.6) is 0 Å². The minimum absolute atomic E-state index is 0.147. The summed E-state index contributed by atoms with van der Waals surface area (Å²) in [6, 6.07) is 28.3. The Labute approximate surface area is 248 Å². The molecule has 0 amide bonds. The first-order valence-electron chi connectivity index (χ1n) is 12.4. The number of thiazole rings is 2. The van der Waals surface area contributed by atoms with Crippen molar-refractivity contribution < 1.29 is 4.79 Å². The van der Waals surface area contributed by atoms with Crippen molar-refractivity contribution in [2.45, 2.75) is 8.68 Å². The van der Waals surface area contributed by atoms with Crippen LogP contribution in [0.4, 0.5) is 0 Å². The van der Waals surface area contributed by atoms with Crippen molar-refractivity contribution in [2.75, 3.05) is 11.5 Å². The summed E-state index contributed by atoms with van der Waals surface area (Å²) < 4.78 is 1.74. The van der Waals surface area contributed by atoms with Gasteiger partial charge >= 0.3 is 0 Å². The van der Waals surface area contributed by atoms with Crippen LogP contribution in [-0.2, 0) is 4.79 Å². The SMILES string of the molecule is O=C(CSc1nc(-c2cccnc2)c(-c2ccccc2)s1)CSc1nc(-c2cccnc2)c(-c2ccccc2)s1. The van der Waals surface area contributed by atoms with Crippen LogP contribution in [0, 0.1) is 0 Å². The lowest BCUT2D eigenvalue weighted by Crippen LogP contribution is -2.04. The van der Waals surface area contributed by atoms with Crippen LogP contribution in [0.25, 0.3) is 43.4 Å². The number of pyridine rings is 2. The number of thioether (sulfide) groups is 2. The summed E-state index contributed by atoms with van der Waals surface area (Å²) in [5.74, 6) is 0.857. The summed E-state index contributed by atoms with van der Waals surface area (Å²) >= 11 is 6.20. The van der Waals surface area contributed by atoms with Gasteiger partial charge in [0.1, 0.15) is 0 Å². The predicted molar refractivity (Wildman–Crippen MR) is 168 cm³/mol. The molecule has 0 unspecified atom stereocenters. The van der Waals surface area contributed by atoms with Crippen LogP contribution in [0.2, 0.25) is 0 Å². The lowest BCUT2D eigenvalue weighted by molar-refractivity contribution is -0.114. The second-order valence-electron chi connectivity index (χ2n) is 8.65. The second kappa shape index (κ2) is 12.7. The van der Waals surface area contributed by atoms with E-state index in [1.165, 1.54) is 23.5 Å². The summed E-state index contributed by atoms with van der Waals surface area (Å²) in [6.07, 6.45) is 7.18. The first-order chi connectivity index (χ1) is 19.7. The van der Waals surface area contributed by atoms with Gasteiger partial charge in [-0.2, -0.15) is 0 Å². The zero-order valence-corrected chi connectivity index (χ0v) is 24.4. The molecule has 5 nitrogen and oxygen atoms in total. The third-order valence-electron chi connectivity index (χ3n) is 5.87. The van der Waals surface area contributed by atoms with Gasteiger partial charge in [0.2, 0.25) is 0 Å². The van der Waals surface area contributed by atoms with Crippen molar-refractivity contribution in [3.63, 3.8) is 0 Å². The Morgan fingerprint density at radius 1 is 0.575 bits per heavy atom. The van der Waals surface area contributed by atoms with E-state index in [-0.39, 0.29) is 5.78 Å². The molecule has 0 saturated heterocycles. The van der Waals surface area contributed by atoms with Gasteiger partial charge in [-0.1, -0.05) is 84.2 Å². The highest BCUT2D eigenvalue weighted by atomic mass is 32.2. The maximum absolute atomic E-state index is 12.9. The quantitative estimate of drug-likeness (QED) is 0.147. The molecule has 0 fully saturated rings. The first kappa shape index (κ1) is 26.6. The first-order valence-corrected chi connectivity index (χ1v) is 16.1. The fourth-order valence-electron chi connectivity index (χ4n) is 4.02. The van der Waals surface area contributed by atoms with Gasteiger partial charge in [-0.25, -0.2) is 9.97 Å². The van der Waals surface area contributed by atoms with Crippen molar-refractivity contribution in [3.05, 3.63) is 110 Å². The molecule has 0 aliphatic heterocycles. The Hall–Kier alpha value is -3.63. The molecule has 196 valence electrons. The number of carbonyl (C=O) groups is 1. The third-order valence-corrected chi connectivity index (χ3v) is 10.5. The number of Topliss-reactive ketones (excluding diaryl/α,β-unsaturated/α-hetero) is 1. The molecule has 6 rings (SSSR count). The molecule has 0 aliphatic rings. The van der Waals surface area contributed by atoms with E-state index in [2.05, 4.69) is 34.2 Å². The third kappa shape index (κ3) is 6.23. The van der Waals surface area contributed by atoms with Crippen LogP contribution in [-0.4, -0.2) is 37.2 Å². The largest absolute Gasteiger partial charge is 0.298 e. The Morgan fingerprint density at radius 2 is 1.00 bits per heavy atom. The van der Waals surface area contributed by atoms with E-state index in [4.69, 9.17) is 9.97 Å². The lowest BCUT2D eigenvalue weighted by Gasteiger charge is -2.01. The number of hydrogen-bond donors (Lipinski definition) is 0. The number of aromatic nitrogens is 4. The average Bonchev–Trinajstić information content (AvgIpc) is 3.66. The summed E-state index contributed by atoms with van der Waals surface area (Å²) in [7, 11) is 0. The van der Waals surface area contributed by atoms with Crippen LogP contribution < -0.4 is 0 Å². The predicted octanol–water partition coefficient (Wildman–Crippen LogP) is 8.51. The molecule has 0 N–H and O–H groups in total. The number of rotatable bonds is 10. The maximum atomic E-state index is 12.9. The Kier molecular flexibility index (Phi) is 8.44. The molecular formula is C31H22N4OS4. The van der Waals surface area contributed by atoms with E-state index in [1.807, 2.05) is 73.1 Å². The lowest BCUT2D eigenvalue weighted by atomic mass is 10.1. The summed E-state index contributed by atoms with van der Waals surface area (Å²) in [5.41, 5.74) is 5.94. The molecular weight excluding hydrogens is 573 g/mol. The minimum atomic E-state index is 0.147. The fraction of sp³-hybridized carbons (Fsp3) is 0.0645. The average molecular weight is 595 g/mol. The van der Waals surface area contributed by atoms with Crippen LogP contribution in [0.3, 0.4) is 0 Å². The Balaban J connectivity index is 1.16. The molecule has 0 saturated carbocycles. The molecule has 0 aliphatic carbocycles. The van der Waals surface area contributed by atoms with E-state index >= 15 is 0 Å². The van der Waals surface area contributed by atoms with Crippen LogP contribution in [0.15, 0.2) is 118 Å². The van der Waals surface area contributed by atoms with E-state index in [0.717, 1.165) is 52.1 Å². The van der Waals surface area contributed by atoms with Crippen molar-refractivity contribution in [2.24, 2.45) is 0 Å². The number of hydrogen-bond acceptors (Lipinski definition) is 9. The van der Waals surface area contributed by atoms with Crippen LogP contribution >= 0.6 is 46.2 Å². The molecule has 4 heterocycles. The second-order valence-corrected chi connectivity index (χ2v) is 13.1. The highest BCUT2D eigenvalue weighted by molar-refractivity contribution is 8.03. The molecule has 40 heavy (non-hydrogen) atoms. The van der Waals surface area contributed by atoms with Crippen molar-refractivity contribution >= 4 is 52.0 Å². The molecule has 4 aromatic heterocycles. The zero-order valence-electron chi connectivity index (χ0n) is 21.1. The van der Waals surface area contributed by atoms with Gasteiger partial charge in [0.15, 0.2) is 14.5 Å². The van der Waals surface area contributed by atoms with Gasteiger partial charge in [-0.05, 0) is 35.4 Å². The Bertz CT molecular complexity index is 1470. The summed E-state index contributed by atoms with van der Waals surface area (Å²) in [5, 5.41) is 0. The van der Waals surface area contributed by atoms with Gasteiger partial charge in [0, 0.05) is 35.9 Å². The highest BCUT2D eigenvalue weighted by Crippen LogP contribution is 2.41. The van der Waals surface area contributed by atoms with Gasteiger partial charge in [0.25, 0.3) is 0 Å². The number of nitrogens with zero attached hydrogens (tertiary/aromatic N) is 4. The standard InChI is InChI=1S/C31H22N4OS4/c36-25(19-37-30-34-26(23-13-7-15-32-17-23)28(39-30)21-9-3-1-4-10-21)20-38-31-35-27(24-14-8-16-33-18-24)29(40-31)22-11-5-2-6-12-22/h1-18H,19-20H2. The van der Waals surface area contributed by atoms with E-state index in [0.29, 0.717) is 11.5 Å². The van der Waals surface area contributed by atoms with Crippen LogP contribution in [0.1, 0.15) is 0 Å². The molecule has 0 radical (unpaired) electrons. The smallest absolute Gasteiger partial charge is 0.153 e. The monoisotopic (exact) mass is 594 g/mol. The van der Waals surface area contributed by atoms with Crippen molar-refractivity contribution in [3.8, 4) is 43.4 Å². The van der Waals surface area contributed by atoms with Gasteiger partial charge < -0.3 is 0 Å². The van der Waals surface area contributed by atoms with Gasteiger partial charge in [-0.15, -0.1) is 22.7 Å². The molecule has 6 aromatic rings. The van der Waals surface area contributed by atoms with E-state index in [9.17, 15) is 4.79 Å². The number of benzene rings is 2. The summed E-state index contributed by atoms with van der Waals surface area (Å²) in [6.45, 7) is 0. The molecule has 2 aromatic carbocycles. The topological polar surface area (TPSA) is 68.6 Å². The van der Waals surface area contributed by atoms with Crippen molar-refractivity contribution in [1.82, 2.24) is 19.9 Å². The number of ketones is 1. The van der Waals surface area contributed by atoms with Gasteiger partial charge in [0.05, 0.1) is 32.6 Å². The van der Waals surface area contributed by atoms with E-state index < -0.39 is 0 Å². The normalized spacial score (nSPS) is 11.0.